The number of aromatic nitrogens is 3. The fourth-order valence-corrected chi connectivity index (χ4v) is 4.32. The monoisotopic (exact) mass is 430 g/mol. The van der Waals surface area contributed by atoms with Crippen molar-refractivity contribution in [1.29, 1.82) is 0 Å². The van der Waals surface area contributed by atoms with Gasteiger partial charge in [-0.05, 0) is 60.6 Å². The Balaban J connectivity index is 1.76. The second-order valence-corrected chi connectivity index (χ2v) is 8.63. The Morgan fingerprint density at radius 1 is 1.14 bits per heavy atom. The molecule has 0 saturated heterocycles. The van der Waals surface area contributed by atoms with Crippen LogP contribution in [0.1, 0.15) is 16.1 Å². The molecule has 29 heavy (non-hydrogen) atoms. The van der Waals surface area contributed by atoms with Crippen molar-refractivity contribution in [3.63, 3.8) is 0 Å². The van der Waals surface area contributed by atoms with Crippen LogP contribution in [0.25, 0.3) is 10.2 Å². The molecule has 1 atom stereocenters. The van der Waals surface area contributed by atoms with E-state index in [0.717, 1.165) is 32.7 Å². The Labute approximate surface area is 171 Å². The molecule has 0 aliphatic carbocycles. The molecule has 1 N–H and O–H groups in total. The average Bonchev–Trinajstić information content (AvgIpc) is 2.97. The molecular formula is C20H17F2N4OPS. The molecule has 0 saturated carbocycles. The van der Waals surface area contributed by atoms with Gasteiger partial charge in [-0.3, -0.25) is 4.79 Å². The Hall–Kier alpha value is -2.70. The highest BCUT2D eigenvalue weighted by Crippen LogP contribution is 2.29. The SMILES string of the molecule is Cc1nc2cc(C)c(Nc3nc(=O)c(F)cn3Cc3cc(F)cc(P)c3)cc2s1. The van der Waals surface area contributed by atoms with Gasteiger partial charge in [0.25, 0.3) is 0 Å². The van der Waals surface area contributed by atoms with Gasteiger partial charge in [-0.25, -0.2) is 9.37 Å². The highest BCUT2D eigenvalue weighted by atomic mass is 32.1. The van der Waals surface area contributed by atoms with Gasteiger partial charge in [0.2, 0.25) is 11.8 Å². The van der Waals surface area contributed by atoms with E-state index < -0.39 is 17.2 Å². The van der Waals surface area contributed by atoms with Crippen molar-refractivity contribution >= 4 is 47.7 Å². The average molecular weight is 430 g/mol. The zero-order valence-corrected chi connectivity index (χ0v) is 17.6. The standard InChI is InChI=1S/C20H17F2N4OPS/c1-10-3-17-18(29-11(2)23-17)7-16(10)24-20-25-19(27)15(22)9-26(20)8-12-4-13(21)6-14(28)5-12/h3-7,9H,8,28H2,1-2H3,(H,24,25,27). The third-order valence-electron chi connectivity index (χ3n) is 4.37. The maximum Gasteiger partial charge on any atom is 0.310 e. The van der Waals surface area contributed by atoms with Crippen molar-refractivity contribution in [2.24, 2.45) is 0 Å². The molecule has 0 fully saturated rings. The van der Waals surface area contributed by atoms with E-state index in [-0.39, 0.29) is 12.5 Å². The first-order valence-electron chi connectivity index (χ1n) is 8.75. The summed E-state index contributed by atoms with van der Waals surface area (Å²) in [5.74, 6) is -1.18. The minimum absolute atomic E-state index is 0.145. The number of fused-ring (bicyclic) bond motifs is 1. The topological polar surface area (TPSA) is 59.8 Å². The van der Waals surface area contributed by atoms with Crippen LogP contribution in [0.4, 0.5) is 20.4 Å². The highest BCUT2D eigenvalue weighted by molar-refractivity contribution is 7.27. The van der Waals surface area contributed by atoms with Crippen LogP contribution in [0, 0.1) is 25.5 Å². The van der Waals surface area contributed by atoms with Crippen LogP contribution in [-0.4, -0.2) is 14.5 Å². The zero-order valence-electron chi connectivity index (χ0n) is 15.7. The van der Waals surface area contributed by atoms with Gasteiger partial charge in [-0.1, -0.05) is 0 Å². The van der Waals surface area contributed by atoms with E-state index in [2.05, 4.69) is 24.5 Å². The van der Waals surface area contributed by atoms with E-state index in [1.54, 1.807) is 17.4 Å². The van der Waals surface area contributed by atoms with Crippen molar-refractivity contribution in [2.45, 2.75) is 20.4 Å². The molecule has 0 bridgehead atoms. The number of hydrogen-bond acceptors (Lipinski definition) is 5. The van der Waals surface area contributed by atoms with E-state index in [1.165, 1.54) is 16.7 Å². The minimum Gasteiger partial charge on any atom is -0.325 e. The first kappa shape index (κ1) is 19.6. The van der Waals surface area contributed by atoms with E-state index in [1.807, 2.05) is 26.0 Å². The molecule has 148 valence electrons. The number of halogens is 2. The lowest BCUT2D eigenvalue weighted by Gasteiger charge is -2.16. The Morgan fingerprint density at radius 3 is 2.69 bits per heavy atom. The Bertz CT molecular complexity index is 1280. The Morgan fingerprint density at radius 2 is 1.93 bits per heavy atom. The molecule has 2 aromatic carbocycles. The van der Waals surface area contributed by atoms with Gasteiger partial charge in [0, 0.05) is 11.9 Å². The van der Waals surface area contributed by atoms with Gasteiger partial charge in [-0.15, -0.1) is 20.6 Å². The summed E-state index contributed by atoms with van der Waals surface area (Å²) in [5, 5.41) is 4.75. The number of nitrogens with zero attached hydrogens (tertiary/aromatic N) is 3. The minimum atomic E-state index is -0.969. The summed E-state index contributed by atoms with van der Waals surface area (Å²) in [4.78, 5) is 20.1. The second kappa shape index (κ2) is 7.61. The quantitative estimate of drug-likeness (QED) is 0.497. The van der Waals surface area contributed by atoms with Crippen LogP contribution in [0.2, 0.25) is 0 Å². The molecule has 1 unspecified atom stereocenters. The van der Waals surface area contributed by atoms with Gasteiger partial charge < -0.3 is 9.88 Å². The second-order valence-electron chi connectivity index (χ2n) is 6.73. The predicted octanol–water partition coefficient (Wildman–Crippen LogP) is 4.04. The summed E-state index contributed by atoms with van der Waals surface area (Å²) >= 11 is 1.56. The summed E-state index contributed by atoms with van der Waals surface area (Å²) in [7, 11) is 2.44. The summed E-state index contributed by atoms with van der Waals surface area (Å²) in [6.07, 6.45) is 1.08. The number of aryl methyl sites for hydroxylation is 2. The fraction of sp³-hybridized carbons (Fsp3) is 0.150. The fourth-order valence-electron chi connectivity index (χ4n) is 3.10. The van der Waals surface area contributed by atoms with Gasteiger partial charge in [0.05, 0.1) is 21.8 Å². The molecule has 0 spiro atoms. The molecule has 2 aromatic heterocycles. The number of anilines is 2. The number of rotatable bonds is 4. The lowest BCUT2D eigenvalue weighted by molar-refractivity contribution is 0.578. The molecule has 4 aromatic rings. The maximum absolute atomic E-state index is 13.9. The van der Waals surface area contributed by atoms with Gasteiger partial charge >= 0.3 is 5.56 Å². The molecule has 0 amide bonds. The molecule has 2 heterocycles. The maximum atomic E-state index is 13.9. The summed E-state index contributed by atoms with van der Waals surface area (Å²) < 4.78 is 30.1. The highest BCUT2D eigenvalue weighted by Gasteiger charge is 2.13. The first-order chi connectivity index (χ1) is 13.8. The summed E-state index contributed by atoms with van der Waals surface area (Å²) in [6.45, 7) is 3.99. The van der Waals surface area contributed by atoms with Crippen LogP contribution in [0.15, 0.2) is 41.3 Å². The van der Waals surface area contributed by atoms with Crippen LogP contribution in [0.5, 0.6) is 0 Å². The van der Waals surface area contributed by atoms with E-state index in [0.29, 0.717) is 10.9 Å². The predicted molar refractivity (Wildman–Crippen MR) is 116 cm³/mol. The molecule has 4 rings (SSSR count). The van der Waals surface area contributed by atoms with E-state index >= 15 is 0 Å². The van der Waals surface area contributed by atoms with Crippen LogP contribution < -0.4 is 16.2 Å². The largest absolute Gasteiger partial charge is 0.325 e. The number of nitrogens with one attached hydrogen (secondary N) is 1. The van der Waals surface area contributed by atoms with Crippen molar-refractivity contribution in [2.75, 3.05) is 5.32 Å². The van der Waals surface area contributed by atoms with Gasteiger partial charge in [0.15, 0.2) is 0 Å². The molecule has 9 heteroatoms. The number of benzene rings is 2. The normalized spacial score (nSPS) is 11.2. The lowest BCUT2D eigenvalue weighted by atomic mass is 10.2. The van der Waals surface area contributed by atoms with E-state index in [9.17, 15) is 13.6 Å². The first-order valence-corrected chi connectivity index (χ1v) is 10.1. The molecular weight excluding hydrogens is 413 g/mol. The van der Waals surface area contributed by atoms with Crippen molar-refractivity contribution in [1.82, 2.24) is 14.5 Å². The van der Waals surface area contributed by atoms with Gasteiger partial charge in [-0.2, -0.15) is 9.37 Å². The summed E-state index contributed by atoms with van der Waals surface area (Å²) in [6, 6.07) is 8.39. The van der Waals surface area contributed by atoms with Crippen LogP contribution in [0.3, 0.4) is 0 Å². The molecule has 5 nitrogen and oxygen atoms in total. The molecule has 0 radical (unpaired) electrons. The smallest absolute Gasteiger partial charge is 0.310 e. The van der Waals surface area contributed by atoms with Crippen molar-refractivity contribution in [3.8, 4) is 0 Å². The Kier molecular flexibility index (Phi) is 5.15. The molecule has 0 aliphatic rings. The van der Waals surface area contributed by atoms with Crippen LogP contribution >= 0.6 is 20.6 Å². The third-order valence-corrected chi connectivity index (χ3v) is 5.64. The van der Waals surface area contributed by atoms with E-state index in [4.69, 9.17) is 0 Å². The lowest BCUT2D eigenvalue weighted by Crippen LogP contribution is -2.20. The van der Waals surface area contributed by atoms with Gasteiger partial charge in [0.1, 0.15) is 5.82 Å². The van der Waals surface area contributed by atoms with Crippen molar-refractivity contribution in [3.05, 3.63) is 74.7 Å². The zero-order chi connectivity index (χ0) is 20.7. The van der Waals surface area contributed by atoms with Crippen LogP contribution in [-0.2, 0) is 6.54 Å². The van der Waals surface area contributed by atoms with Crippen molar-refractivity contribution < 1.29 is 8.78 Å². The third kappa shape index (κ3) is 4.18. The number of thiazole rings is 1. The molecule has 0 aliphatic heterocycles. The summed E-state index contributed by atoms with van der Waals surface area (Å²) in [5.41, 5.74) is 2.20. The number of hydrogen-bond donors (Lipinski definition) is 1.